The van der Waals surface area contributed by atoms with E-state index in [1.54, 1.807) is 12.3 Å². The van der Waals surface area contributed by atoms with Crippen molar-refractivity contribution >= 4 is 16.6 Å². The maximum atomic E-state index is 13.4. The molecule has 0 amide bonds. The zero-order valence-corrected chi connectivity index (χ0v) is 11.7. The Hall–Kier alpha value is -2.46. The van der Waals surface area contributed by atoms with Crippen molar-refractivity contribution < 1.29 is 4.39 Å². The smallest absolute Gasteiger partial charge is 0.131 e. The second kappa shape index (κ2) is 5.14. The Morgan fingerprint density at radius 1 is 1.05 bits per heavy atom. The summed E-state index contributed by atoms with van der Waals surface area (Å²) in [4.78, 5) is 4.20. The fraction of sp³-hybridized carbons (Fsp3) is 0.118. The van der Waals surface area contributed by atoms with Crippen LogP contribution in [0.3, 0.4) is 0 Å². The number of pyridine rings is 1. The molecule has 3 nitrogen and oxygen atoms in total. The van der Waals surface area contributed by atoms with Crippen LogP contribution in [0.15, 0.2) is 48.7 Å². The first kappa shape index (κ1) is 13.5. The van der Waals surface area contributed by atoms with Gasteiger partial charge in [-0.05, 0) is 47.2 Å². The fourth-order valence-corrected chi connectivity index (χ4v) is 2.50. The van der Waals surface area contributed by atoms with E-state index in [0.717, 1.165) is 27.5 Å². The quantitative estimate of drug-likeness (QED) is 0.753. The van der Waals surface area contributed by atoms with Gasteiger partial charge in [0.25, 0.3) is 0 Å². The molecule has 4 heteroatoms. The second-order valence-corrected chi connectivity index (χ2v) is 5.16. The molecule has 3 rings (SSSR count). The minimum absolute atomic E-state index is 0.124. The summed E-state index contributed by atoms with van der Waals surface area (Å²) in [6.07, 6.45) is 1.71. The van der Waals surface area contributed by atoms with Crippen LogP contribution >= 0.6 is 0 Å². The van der Waals surface area contributed by atoms with Crippen LogP contribution in [0.4, 0.5) is 10.2 Å². The first-order valence-electron chi connectivity index (χ1n) is 6.76. The van der Waals surface area contributed by atoms with E-state index in [1.165, 1.54) is 12.1 Å². The van der Waals surface area contributed by atoms with Gasteiger partial charge in [-0.2, -0.15) is 0 Å². The standard InChI is InChI=1S/C17H16FN3/c1-10(19)16-9-21-17(20)15-8-12(5-6-14(15)16)11-3-2-4-13(18)7-11/h2-10H,19H2,1H3,(H2,20,21). The first-order chi connectivity index (χ1) is 10.1. The molecule has 106 valence electrons. The number of rotatable bonds is 2. The van der Waals surface area contributed by atoms with Crippen molar-refractivity contribution in [3.63, 3.8) is 0 Å². The van der Waals surface area contributed by atoms with Crippen molar-refractivity contribution in [2.24, 2.45) is 5.73 Å². The number of hydrogen-bond acceptors (Lipinski definition) is 3. The predicted octanol–water partition coefficient (Wildman–Crippen LogP) is 3.64. The molecule has 0 saturated carbocycles. The summed E-state index contributed by atoms with van der Waals surface area (Å²) in [5.74, 6) is 0.190. The topological polar surface area (TPSA) is 64.9 Å². The first-order valence-corrected chi connectivity index (χ1v) is 6.76. The minimum atomic E-state index is -0.261. The number of nitrogens with zero attached hydrogens (tertiary/aromatic N) is 1. The number of halogens is 1. The van der Waals surface area contributed by atoms with Gasteiger partial charge < -0.3 is 11.5 Å². The highest BCUT2D eigenvalue weighted by Crippen LogP contribution is 2.30. The van der Waals surface area contributed by atoms with Gasteiger partial charge in [0.2, 0.25) is 0 Å². The van der Waals surface area contributed by atoms with Gasteiger partial charge in [-0.25, -0.2) is 9.37 Å². The zero-order chi connectivity index (χ0) is 15.0. The third-order valence-corrected chi connectivity index (χ3v) is 3.60. The second-order valence-electron chi connectivity index (χ2n) is 5.16. The predicted molar refractivity (Wildman–Crippen MR) is 84.2 cm³/mol. The Bertz CT molecular complexity index is 812. The number of aromatic nitrogens is 1. The van der Waals surface area contributed by atoms with E-state index in [2.05, 4.69) is 4.98 Å². The van der Waals surface area contributed by atoms with Crippen molar-refractivity contribution in [3.05, 3.63) is 60.0 Å². The van der Waals surface area contributed by atoms with Gasteiger partial charge in [-0.15, -0.1) is 0 Å². The molecule has 0 aliphatic heterocycles. The third kappa shape index (κ3) is 2.45. The number of nitrogens with two attached hydrogens (primary N) is 2. The third-order valence-electron chi connectivity index (χ3n) is 3.60. The monoisotopic (exact) mass is 281 g/mol. The Morgan fingerprint density at radius 3 is 2.52 bits per heavy atom. The number of nitrogen functional groups attached to an aromatic ring is 1. The Kier molecular flexibility index (Phi) is 3.31. The van der Waals surface area contributed by atoms with Crippen LogP contribution in [0.2, 0.25) is 0 Å². The highest BCUT2D eigenvalue weighted by atomic mass is 19.1. The van der Waals surface area contributed by atoms with Gasteiger partial charge in [0.15, 0.2) is 0 Å². The molecule has 0 saturated heterocycles. The number of benzene rings is 2. The van der Waals surface area contributed by atoms with Crippen molar-refractivity contribution in [2.75, 3.05) is 5.73 Å². The highest BCUT2D eigenvalue weighted by molar-refractivity contribution is 5.96. The summed E-state index contributed by atoms with van der Waals surface area (Å²) >= 11 is 0. The van der Waals surface area contributed by atoms with Gasteiger partial charge in [0, 0.05) is 17.6 Å². The molecule has 0 aliphatic carbocycles. The molecular formula is C17H16FN3. The maximum Gasteiger partial charge on any atom is 0.131 e. The van der Waals surface area contributed by atoms with Crippen LogP contribution in [-0.2, 0) is 0 Å². The molecule has 0 spiro atoms. The van der Waals surface area contributed by atoms with Gasteiger partial charge >= 0.3 is 0 Å². The SMILES string of the molecule is CC(N)c1cnc(N)c2cc(-c3cccc(F)c3)ccc12. The molecule has 0 aliphatic rings. The average Bonchev–Trinajstić information content (AvgIpc) is 2.47. The van der Waals surface area contributed by atoms with Gasteiger partial charge in [-0.3, -0.25) is 0 Å². The zero-order valence-electron chi connectivity index (χ0n) is 11.7. The van der Waals surface area contributed by atoms with Crippen LogP contribution < -0.4 is 11.5 Å². The summed E-state index contributed by atoms with van der Waals surface area (Å²) in [6.45, 7) is 1.91. The normalized spacial score (nSPS) is 12.5. The van der Waals surface area contributed by atoms with Crippen molar-refractivity contribution in [1.82, 2.24) is 4.98 Å². The lowest BCUT2D eigenvalue weighted by Crippen LogP contribution is -2.07. The number of fused-ring (bicyclic) bond motifs is 1. The summed E-state index contributed by atoms with van der Waals surface area (Å²) < 4.78 is 13.4. The highest BCUT2D eigenvalue weighted by Gasteiger charge is 2.10. The van der Waals surface area contributed by atoms with Crippen LogP contribution in [-0.4, -0.2) is 4.98 Å². The van der Waals surface area contributed by atoms with Gasteiger partial charge in [0.05, 0.1) is 0 Å². The summed E-state index contributed by atoms with van der Waals surface area (Å²) in [5.41, 5.74) is 14.6. The van der Waals surface area contributed by atoms with Crippen LogP contribution in [0.5, 0.6) is 0 Å². The van der Waals surface area contributed by atoms with Crippen LogP contribution in [0.25, 0.3) is 21.9 Å². The molecule has 1 heterocycles. The van der Waals surface area contributed by atoms with E-state index in [-0.39, 0.29) is 11.9 Å². The lowest BCUT2D eigenvalue weighted by Gasteiger charge is -2.12. The Balaban J connectivity index is 2.23. The molecule has 0 fully saturated rings. The lowest BCUT2D eigenvalue weighted by molar-refractivity contribution is 0.628. The van der Waals surface area contributed by atoms with E-state index >= 15 is 0 Å². The van der Waals surface area contributed by atoms with E-state index in [4.69, 9.17) is 11.5 Å². The molecule has 1 unspecified atom stereocenters. The van der Waals surface area contributed by atoms with Crippen molar-refractivity contribution in [3.8, 4) is 11.1 Å². The molecule has 4 N–H and O–H groups in total. The van der Waals surface area contributed by atoms with Crippen molar-refractivity contribution in [2.45, 2.75) is 13.0 Å². The maximum absolute atomic E-state index is 13.4. The Labute approximate surface area is 122 Å². The van der Waals surface area contributed by atoms with Crippen LogP contribution in [0, 0.1) is 5.82 Å². The number of hydrogen-bond donors (Lipinski definition) is 2. The molecule has 3 aromatic rings. The molecular weight excluding hydrogens is 265 g/mol. The molecule has 0 radical (unpaired) electrons. The minimum Gasteiger partial charge on any atom is -0.383 e. The molecule has 1 atom stereocenters. The van der Waals surface area contributed by atoms with Crippen molar-refractivity contribution in [1.29, 1.82) is 0 Å². The molecule has 2 aromatic carbocycles. The van der Waals surface area contributed by atoms with E-state index in [1.807, 2.05) is 31.2 Å². The van der Waals surface area contributed by atoms with E-state index in [0.29, 0.717) is 5.82 Å². The molecule has 21 heavy (non-hydrogen) atoms. The average molecular weight is 281 g/mol. The van der Waals surface area contributed by atoms with Gasteiger partial charge in [-0.1, -0.05) is 24.3 Å². The molecule has 1 aromatic heterocycles. The number of anilines is 1. The summed E-state index contributed by atoms with van der Waals surface area (Å²) in [6, 6.07) is 12.2. The van der Waals surface area contributed by atoms with E-state index in [9.17, 15) is 4.39 Å². The van der Waals surface area contributed by atoms with E-state index < -0.39 is 0 Å². The summed E-state index contributed by atoms with van der Waals surface area (Å²) in [5, 5.41) is 1.82. The Morgan fingerprint density at radius 2 is 1.81 bits per heavy atom. The lowest BCUT2D eigenvalue weighted by atomic mass is 9.97. The summed E-state index contributed by atoms with van der Waals surface area (Å²) in [7, 11) is 0. The van der Waals surface area contributed by atoms with Gasteiger partial charge in [0.1, 0.15) is 11.6 Å². The largest absolute Gasteiger partial charge is 0.383 e. The fourth-order valence-electron chi connectivity index (χ4n) is 2.50. The molecule has 0 bridgehead atoms. The van der Waals surface area contributed by atoms with Crippen LogP contribution in [0.1, 0.15) is 18.5 Å².